The van der Waals surface area contributed by atoms with Gasteiger partial charge >= 0.3 is 0 Å². The van der Waals surface area contributed by atoms with Gasteiger partial charge in [-0.3, -0.25) is 4.79 Å². The molecule has 0 radical (unpaired) electrons. The SMILES string of the molecule is C#CCNC(=O)c1cc2c(OC)cccc2o1. The normalized spacial score (nSPS) is 9.88. The Hall–Kier alpha value is -2.41. The molecule has 1 heterocycles. The number of carbonyl (C=O) groups excluding carboxylic acids is 1. The number of ether oxygens (including phenoxy) is 1. The van der Waals surface area contributed by atoms with Gasteiger partial charge in [0.2, 0.25) is 0 Å². The molecule has 0 aliphatic carbocycles. The lowest BCUT2D eigenvalue weighted by molar-refractivity contribution is 0.0933. The lowest BCUT2D eigenvalue weighted by Crippen LogP contribution is -2.22. The van der Waals surface area contributed by atoms with Gasteiger partial charge in [-0.05, 0) is 12.1 Å². The fraction of sp³-hybridized carbons (Fsp3) is 0.154. The van der Waals surface area contributed by atoms with E-state index in [-0.39, 0.29) is 18.2 Å². The summed E-state index contributed by atoms with van der Waals surface area (Å²) in [6, 6.07) is 7.02. The summed E-state index contributed by atoms with van der Waals surface area (Å²) >= 11 is 0. The average molecular weight is 229 g/mol. The maximum absolute atomic E-state index is 11.6. The Morgan fingerprint density at radius 1 is 1.59 bits per heavy atom. The topological polar surface area (TPSA) is 51.5 Å². The smallest absolute Gasteiger partial charge is 0.287 e. The molecule has 0 fully saturated rings. The number of hydrogen-bond donors (Lipinski definition) is 1. The molecule has 1 N–H and O–H groups in total. The minimum Gasteiger partial charge on any atom is -0.496 e. The van der Waals surface area contributed by atoms with Crippen LogP contribution in [-0.2, 0) is 0 Å². The number of methoxy groups -OCH3 is 1. The van der Waals surface area contributed by atoms with Crippen LogP contribution in [0.25, 0.3) is 11.0 Å². The highest BCUT2D eigenvalue weighted by molar-refractivity contribution is 5.97. The Morgan fingerprint density at radius 3 is 3.12 bits per heavy atom. The molecular formula is C13H11NO3. The molecule has 0 atom stereocenters. The van der Waals surface area contributed by atoms with Crippen molar-refractivity contribution < 1.29 is 13.9 Å². The summed E-state index contributed by atoms with van der Waals surface area (Å²) in [6.45, 7) is 0.174. The van der Waals surface area contributed by atoms with Crippen molar-refractivity contribution >= 4 is 16.9 Å². The lowest BCUT2D eigenvalue weighted by Gasteiger charge is -1.98. The van der Waals surface area contributed by atoms with Crippen LogP contribution in [0.4, 0.5) is 0 Å². The molecule has 86 valence electrons. The van der Waals surface area contributed by atoms with E-state index < -0.39 is 0 Å². The number of fused-ring (bicyclic) bond motifs is 1. The summed E-state index contributed by atoms with van der Waals surface area (Å²) in [5.74, 6) is 2.88. The van der Waals surface area contributed by atoms with Gasteiger partial charge in [0, 0.05) is 6.07 Å². The Bertz CT molecular complexity index is 592. The fourth-order valence-electron chi connectivity index (χ4n) is 1.54. The average Bonchev–Trinajstić information content (AvgIpc) is 2.79. The Kier molecular flexibility index (Phi) is 3.01. The highest BCUT2D eigenvalue weighted by Crippen LogP contribution is 2.28. The van der Waals surface area contributed by atoms with Crippen molar-refractivity contribution in [2.45, 2.75) is 0 Å². The number of amides is 1. The molecule has 0 saturated carbocycles. The van der Waals surface area contributed by atoms with Crippen LogP contribution in [0.15, 0.2) is 28.7 Å². The zero-order chi connectivity index (χ0) is 12.3. The first-order chi connectivity index (χ1) is 8.26. The number of hydrogen-bond acceptors (Lipinski definition) is 3. The van der Waals surface area contributed by atoms with Gasteiger partial charge in [-0.25, -0.2) is 0 Å². The van der Waals surface area contributed by atoms with E-state index in [9.17, 15) is 4.79 Å². The second-order valence-corrected chi connectivity index (χ2v) is 3.37. The molecule has 0 unspecified atom stereocenters. The predicted molar refractivity (Wildman–Crippen MR) is 63.9 cm³/mol. The van der Waals surface area contributed by atoms with E-state index >= 15 is 0 Å². The zero-order valence-corrected chi connectivity index (χ0v) is 9.32. The summed E-state index contributed by atoms with van der Waals surface area (Å²) in [4.78, 5) is 11.6. The minimum atomic E-state index is -0.332. The van der Waals surface area contributed by atoms with Crippen LogP contribution in [0.2, 0.25) is 0 Å². The molecule has 2 aromatic rings. The predicted octanol–water partition coefficient (Wildman–Crippen LogP) is 1.80. The van der Waals surface area contributed by atoms with Crippen molar-refractivity contribution in [3.63, 3.8) is 0 Å². The molecular weight excluding hydrogens is 218 g/mol. The van der Waals surface area contributed by atoms with Crippen LogP contribution in [0, 0.1) is 12.3 Å². The number of benzene rings is 1. The maximum Gasteiger partial charge on any atom is 0.287 e. The quantitative estimate of drug-likeness (QED) is 0.816. The molecule has 4 nitrogen and oxygen atoms in total. The summed E-state index contributed by atoms with van der Waals surface area (Å²) in [6.07, 6.45) is 5.06. The van der Waals surface area contributed by atoms with E-state index in [0.717, 1.165) is 5.39 Å². The van der Waals surface area contributed by atoms with Gasteiger partial charge in [-0.2, -0.15) is 0 Å². The van der Waals surface area contributed by atoms with Crippen LogP contribution in [-0.4, -0.2) is 19.6 Å². The van der Waals surface area contributed by atoms with Crippen LogP contribution in [0.5, 0.6) is 5.75 Å². The Labute approximate surface area is 98.6 Å². The maximum atomic E-state index is 11.6. The van der Waals surface area contributed by atoms with Crippen molar-refractivity contribution in [3.8, 4) is 18.1 Å². The van der Waals surface area contributed by atoms with Crippen molar-refractivity contribution in [3.05, 3.63) is 30.0 Å². The first kappa shape index (κ1) is 11.1. The van der Waals surface area contributed by atoms with Crippen molar-refractivity contribution in [1.82, 2.24) is 5.32 Å². The number of nitrogens with one attached hydrogen (secondary N) is 1. The second-order valence-electron chi connectivity index (χ2n) is 3.37. The molecule has 0 saturated heterocycles. The third-order valence-electron chi connectivity index (χ3n) is 2.32. The zero-order valence-electron chi connectivity index (χ0n) is 9.32. The van der Waals surface area contributed by atoms with Gasteiger partial charge in [0.15, 0.2) is 5.76 Å². The van der Waals surface area contributed by atoms with Crippen molar-refractivity contribution in [2.75, 3.05) is 13.7 Å². The van der Waals surface area contributed by atoms with Crippen LogP contribution >= 0.6 is 0 Å². The molecule has 1 amide bonds. The highest BCUT2D eigenvalue weighted by Gasteiger charge is 2.13. The number of furan rings is 1. The third-order valence-corrected chi connectivity index (χ3v) is 2.32. The third kappa shape index (κ3) is 2.08. The van der Waals surface area contributed by atoms with Gasteiger partial charge in [0.1, 0.15) is 11.3 Å². The van der Waals surface area contributed by atoms with E-state index in [2.05, 4.69) is 11.2 Å². The Balaban J connectivity index is 2.38. The molecule has 0 aliphatic rings. The number of rotatable bonds is 3. The Morgan fingerprint density at radius 2 is 2.41 bits per heavy atom. The molecule has 17 heavy (non-hydrogen) atoms. The van der Waals surface area contributed by atoms with E-state index in [1.165, 1.54) is 0 Å². The van der Waals surface area contributed by atoms with Crippen molar-refractivity contribution in [2.24, 2.45) is 0 Å². The van der Waals surface area contributed by atoms with E-state index in [1.807, 2.05) is 0 Å². The molecule has 4 heteroatoms. The summed E-state index contributed by atoms with van der Waals surface area (Å²) in [7, 11) is 1.57. The molecule has 0 spiro atoms. The molecule has 0 aliphatic heterocycles. The largest absolute Gasteiger partial charge is 0.496 e. The molecule has 0 bridgehead atoms. The fourth-order valence-corrected chi connectivity index (χ4v) is 1.54. The summed E-state index contributed by atoms with van der Waals surface area (Å²) < 4.78 is 10.6. The molecule has 1 aromatic carbocycles. The number of terminal acetylenes is 1. The minimum absolute atomic E-state index is 0.174. The second kappa shape index (κ2) is 4.62. The summed E-state index contributed by atoms with van der Waals surface area (Å²) in [5.41, 5.74) is 0.607. The number of carbonyl (C=O) groups is 1. The molecule has 1 aromatic heterocycles. The van der Waals surface area contributed by atoms with Gasteiger partial charge < -0.3 is 14.5 Å². The molecule has 2 rings (SSSR count). The first-order valence-corrected chi connectivity index (χ1v) is 5.04. The van der Waals surface area contributed by atoms with Gasteiger partial charge in [0.05, 0.1) is 19.0 Å². The lowest BCUT2D eigenvalue weighted by atomic mass is 10.2. The highest BCUT2D eigenvalue weighted by atomic mass is 16.5. The van der Waals surface area contributed by atoms with E-state index in [0.29, 0.717) is 11.3 Å². The van der Waals surface area contributed by atoms with Gasteiger partial charge in [-0.1, -0.05) is 12.0 Å². The monoisotopic (exact) mass is 229 g/mol. The standard InChI is InChI=1S/C13H11NO3/c1-3-7-14-13(15)12-8-9-10(16-2)5-4-6-11(9)17-12/h1,4-6,8H,7H2,2H3,(H,14,15). The van der Waals surface area contributed by atoms with E-state index in [1.54, 1.807) is 31.4 Å². The summed E-state index contributed by atoms with van der Waals surface area (Å²) in [5, 5.41) is 3.30. The van der Waals surface area contributed by atoms with Crippen molar-refractivity contribution in [1.29, 1.82) is 0 Å². The van der Waals surface area contributed by atoms with Crippen LogP contribution in [0.3, 0.4) is 0 Å². The van der Waals surface area contributed by atoms with E-state index in [4.69, 9.17) is 15.6 Å². The van der Waals surface area contributed by atoms with Gasteiger partial charge in [-0.15, -0.1) is 6.42 Å². The first-order valence-electron chi connectivity index (χ1n) is 5.04. The van der Waals surface area contributed by atoms with Crippen LogP contribution < -0.4 is 10.1 Å². The van der Waals surface area contributed by atoms with Gasteiger partial charge in [0.25, 0.3) is 5.91 Å². The van der Waals surface area contributed by atoms with Crippen LogP contribution in [0.1, 0.15) is 10.6 Å².